The Morgan fingerprint density at radius 1 is 1.27 bits per heavy atom. The number of hydrogen-bond acceptors (Lipinski definition) is 1. The van der Waals surface area contributed by atoms with Crippen molar-refractivity contribution in [2.24, 2.45) is 0 Å². The van der Waals surface area contributed by atoms with E-state index in [0.29, 0.717) is 13.1 Å². The molecule has 1 aromatic carbocycles. The lowest BCUT2D eigenvalue weighted by atomic mass is 9.92. The summed E-state index contributed by atoms with van der Waals surface area (Å²) in [5, 5.41) is 3.07. The summed E-state index contributed by atoms with van der Waals surface area (Å²) >= 11 is 0. The van der Waals surface area contributed by atoms with Crippen LogP contribution in [0.25, 0.3) is 5.57 Å². The van der Waals surface area contributed by atoms with Gasteiger partial charge in [0.1, 0.15) is 0 Å². The monoisotopic (exact) mass is 298 g/mol. The Kier molecular flexibility index (Phi) is 6.17. The number of hydrogen-bond donors (Lipinski definition) is 1. The summed E-state index contributed by atoms with van der Waals surface area (Å²) in [4.78, 5) is 14.1. The summed E-state index contributed by atoms with van der Waals surface area (Å²) in [7, 11) is 0. The molecule has 1 N–H and O–H groups in total. The van der Waals surface area contributed by atoms with Crippen LogP contribution in [0.5, 0.6) is 0 Å². The second kappa shape index (κ2) is 7.64. The maximum absolute atomic E-state index is 12.4. The van der Waals surface area contributed by atoms with Gasteiger partial charge in [-0.1, -0.05) is 42.5 Å². The van der Waals surface area contributed by atoms with Crippen LogP contribution in [-0.4, -0.2) is 24.0 Å². The minimum absolute atomic E-state index is 0.134. The van der Waals surface area contributed by atoms with Crippen molar-refractivity contribution in [3.05, 3.63) is 67.3 Å². The maximum Gasteiger partial charge on any atom is 0.318 e. The maximum atomic E-state index is 12.4. The Morgan fingerprint density at radius 2 is 1.86 bits per heavy atom. The van der Waals surface area contributed by atoms with Gasteiger partial charge in [0.05, 0.1) is 5.54 Å². The van der Waals surface area contributed by atoms with Crippen LogP contribution in [0.1, 0.15) is 31.9 Å². The zero-order valence-corrected chi connectivity index (χ0v) is 13.9. The first-order chi connectivity index (χ1) is 10.3. The first-order valence-electron chi connectivity index (χ1n) is 7.37. The van der Waals surface area contributed by atoms with Crippen molar-refractivity contribution in [3.63, 3.8) is 0 Å². The van der Waals surface area contributed by atoms with Crippen molar-refractivity contribution >= 4 is 11.6 Å². The highest BCUT2D eigenvalue weighted by Crippen LogP contribution is 2.23. The van der Waals surface area contributed by atoms with Gasteiger partial charge in [0.25, 0.3) is 0 Å². The van der Waals surface area contributed by atoms with Gasteiger partial charge in [0.15, 0.2) is 0 Å². The van der Waals surface area contributed by atoms with E-state index in [9.17, 15) is 4.79 Å². The van der Waals surface area contributed by atoms with Crippen molar-refractivity contribution in [3.8, 4) is 0 Å². The fourth-order valence-electron chi connectivity index (χ4n) is 2.14. The lowest BCUT2D eigenvalue weighted by molar-refractivity contribution is 0.196. The summed E-state index contributed by atoms with van der Waals surface area (Å²) in [5.41, 5.74) is 2.64. The topological polar surface area (TPSA) is 32.3 Å². The van der Waals surface area contributed by atoms with Crippen LogP contribution in [0.4, 0.5) is 4.79 Å². The second-order valence-electron chi connectivity index (χ2n) is 5.90. The highest BCUT2D eigenvalue weighted by molar-refractivity contribution is 5.75. The zero-order valence-electron chi connectivity index (χ0n) is 13.9. The number of carbonyl (C=O) groups excluding carboxylic acids is 1. The molecule has 0 heterocycles. The summed E-state index contributed by atoms with van der Waals surface area (Å²) in [6.45, 7) is 18.3. The van der Waals surface area contributed by atoms with E-state index < -0.39 is 5.54 Å². The molecule has 3 nitrogen and oxygen atoms in total. The standard InChI is InChI=1S/C19H26N2O/c1-7-12-21(13-8-2)18(22)20-19(5,6)17-11-9-10-16(14-17)15(3)4/h7-11,14H,1-3,12-13H2,4-6H3,(H,20,22). The van der Waals surface area contributed by atoms with E-state index in [-0.39, 0.29) is 6.03 Å². The van der Waals surface area contributed by atoms with E-state index in [1.165, 1.54) is 0 Å². The predicted octanol–water partition coefficient (Wildman–Crippen LogP) is 4.34. The van der Waals surface area contributed by atoms with Crippen molar-refractivity contribution < 1.29 is 4.79 Å². The Morgan fingerprint density at radius 3 is 2.36 bits per heavy atom. The van der Waals surface area contributed by atoms with Crippen molar-refractivity contribution in [2.45, 2.75) is 26.3 Å². The quantitative estimate of drug-likeness (QED) is 0.746. The van der Waals surface area contributed by atoms with Crippen LogP contribution in [-0.2, 0) is 5.54 Å². The molecule has 0 saturated carbocycles. The molecule has 0 spiro atoms. The first-order valence-corrected chi connectivity index (χ1v) is 7.37. The summed E-state index contributed by atoms with van der Waals surface area (Å²) in [6.07, 6.45) is 3.41. The molecule has 0 radical (unpaired) electrons. The van der Waals surface area contributed by atoms with Gasteiger partial charge in [-0.2, -0.15) is 0 Å². The van der Waals surface area contributed by atoms with Crippen LogP contribution in [0.2, 0.25) is 0 Å². The third kappa shape index (κ3) is 4.62. The summed E-state index contributed by atoms with van der Waals surface area (Å²) < 4.78 is 0. The third-order valence-corrected chi connectivity index (χ3v) is 3.48. The van der Waals surface area contributed by atoms with Crippen LogP contribution >= 0.6 is 0 Å². The van der Waals surface area contributed by atoms with Crippen LogP contribution in [0, 0.1) is 0 Å². The van der Waals surface area contributed by atoms with Crippen molar-refractivity contribution in [1.82, 2.24) is 10.2 Å². The highest BCUT2D eigenvalue weighted by Gasteiger charge is 2.25. The van der Waals surface area contributed by atoms with Gasteiger partial charge in [-0.15, -0.1) is 13.2 Å². The van der Waals surface area contributed by atoms with Gasteiger partial charge in [0.2, 0.25) is 0 Å². The van der Waals surface area contributed by atoms with Gasteiger partial charge < -0.3 is 10.2 Å². The van der Waals surface area contributed by atoms with Crippen molar-refractivity contribution in [2.75, 3.05) is 13.1 Å². The summed E-state index contributed by atoms with van der Waals surface area (Å²) in [5.74, 6) is 0. The number of nitrogens with zero attached hydrogens (tertiary/aromatic N) is 1. The fraction of sp³-hybridized carbons (Fsp3) is 0.316. The molecular formula is C19H26N2O. The van der Waals surface area contributed by atoms with Gasteiger partial charge in [-0.05, 0) is 38.0 Å². The van der Waals surface area contributed by atoms with Gasteiger partial charge in [-0.3, -0.25) is 0 Å². The van der Waals surface area contributed by atoms with Crippen LogP contribution in [0.3, 0.4) is 0 Å². The fourth-order valence-corrected chi connectivity index (χ4v) is 2.14. The molecule has 22 heavy (non-hydrogen) atoms. The molecule has 0 aliphatic carbocycles. The Balaban J connectivity index is 2.96. The number of benzene rings is 1. The minimum atomic E-state index is -0.483. The normalized spacial score (nSPS) is 10.7. The van der Waals surface area contributed by atoms with Gasteiger partial charge in [0, 0.05) is 13.1 Å². The van der Waals surface area contributed by atoms with E-state index in [1.807, 2.05) is 39.0 Å². The molecule has 0 atom stereocenters. The van der Waals surface area contributed by atoms with E-state index in [0.717, 1.165) is 16.7 Å². The second-order valence-corrected chi connectivity index (χ2v) is 5.90. The SMILES string of the molecule is C=CCN(CC=C)C(=O)NC(C)(C)c1cccc(C(=C)C)c1. The van der Waals surface area contributed by atoms with Crippen molar-refractivity contribution in [1.29, 1.82) is 0 Å². The van der Waals surface area contributed by atoms with E-state index in [4.69, 9.17) is 0 Å². The number of amides is 2. The Hall–Kier alpha value is -2.29. The largest absolute Gasteiger partial charge is 0.329 e. The number of rotatable bonds is 7. The molecule has 0 saturated heterocycles. The molecule has 1 aromatic rings. The average Bonchev–Trinajstić information content (AvgIpc) is 2.46. The molecule has 3 heteroatoms. The molecule has 0 aliphatic rings. The third-order valence-electron chi connectivity index (χ3n) is 3.48. The van der Waals surface area contributed by atoms with E-state index >= 15 is 0 Å². The van der Waals surface area contributed by atoms with Gasteiger partial charge >= 0.3 is 6.03 Å². The molecule has 2 amide bonds. The number of urea groups is 1. The average molecular weight is 298 g/mol. The lowest BCUT2D eigenvalue weighted by Crippen LogP contribution is -2.48. The number of allylic oxidation sites excluding steroid dienone is 1. The molecule has 0 aromatic heterocycles. The first kappa shape index (κ1) is 17.8. The predicted molar refractivity (Wildman–Crippen MR) is 94.7 cm³/mol. The molecule has 0 bridgehead atoms. The van der Waals surface area contributed by atoms with E-state index in [1.54, 1.807) is 17.1 Å². The summed E-state index contributed by atoms with van der Waals surface area (Å²) in [6, 6.07) is 7.95. The minimum Gasteiger partial charge on any atom is -0.329 e. The van der Waals surface area contributed by atoms with Crippen LogP contribution in [0.15, 0.2) is 56.2 Å². The lowest BCUT2D eigenvalue weighted by Gasteiger charge is -2.31. The Bertz CT molecular complexity index is 563. The molecule has 1 rings (SSSR count). The number of carbonyl (C=O) groups is 1. The Labute approximate surface area is 134 Å². The molecule has 0 fully saturated rings. The number of nitrogens with one attached hydrogen (secondary N) is 1. The molecule has 118 valence electrons. The molecule has 0 unspecified atom stereocenters. The van der Waals surface area contributed by atoms with Gasteiger partial charge in [-0.25, -0.2) is 4.79 Å². The van der Waals surface area contributed by atoms with Crippen LogP contribution < -0.4 is 5.32 Å². The van der Waals surface area contributed by atoms with E-state index in [2.05, 4.69) is 31.1 Å². The smallest absolute Gasteiger partial charge is 0.318 e. The molecular weight excluding hydrogens is 272 g/mol. The highest BCUT2D eigenvalue weighted by atomic mass is 16.2. The zero-order chi connectivity index (χ0) is 16.8. The molecule has 0 aliphatic heterocycles.